The van der Waals surface area contributed by atoms with E-state index in [0.717, 1.165) is 25.9 Å². The third-order valence-electron chi connectivity index (χ3n) is 3.62. The molecule has 1 aromatic rings. The molecule has 0 amide bonds. The van der Waals surface area contributed by atoms with Crippen LogP contribution in [0.5, 0.6) is 0 Å². The summed E-state index contributed by atoms with van der Waals surface area (Å²) >= 11 is 11.7. The van der Waals surface area contributed by atoms with Gasteiger partial charge in [-0.05, 0) is 44.1 Å². The zero-order valence-electron chi connectivity index (χ0n) is 11.3. The maximum Gasteiger partial charge on any atom is 0.240 e. The van der Waals surface area contributed by atoms with Gasteiger partial charge in [0.15, 0.2) is 0 Å². The van der Waals surface area contributed by atoms with Crippen LogP contribution in [0, 0.1) is 0 Å². The molecule has 112 valence electrons. The van der Waals surface area contributed by atoms with E-state index in [1.54, 1.807) is 0 Å². The summed E-state index contributed by atoms with van der Waals surface area (Å²) in [5.74, 6) is 0. The Balaban J connectivity index is 2.05. The fourth-order valence-corrected chi connectivity index (χ4v) is 3.94. The lowest BCUT2D eigenvalue weighted by molar-refractivity contribution is 0.268. The molecule has 1 N–H and O–H groups in total. The summed E-state index contributed by atoms with van der Waals surface area (Å²) in [5.41, 5.74) is 0. The fraction of sp³-hybridized carbons (Fsp3) is 0.538. The van der Waals surface area contributed by atoms with Gasteiger partial charge in [-0.2, -0.15) is 0 Å². The van der Waals surface area contributed by atoms with Crippen LogP contribution in [-0.4, -0.2) is 39.0 Å². The van der Waals surface area contributed by atoms with E-state index in [1.165, 1.54) is 18.2 Å². The van der Waals surface area contributed by atoms with Crippen LogP contribution in [-0.2, 0) is 10.0 Å². The van der Waals surface area contributed by atoms with Gasteiger partial charge in [0.1, 0.15) is 0 Å². The first-order valence-electron chi connectivity index (χ1n) is 6.63. The number of halogens is 2. The molecule has 1 fully saturated rings. The Bertz CT molecular complexity index is 578. The number of hydrogen-bond donors (Lipinski definition) is 1. The predicted molar refractivity (Wildman–Crippen MR) is 81.9 cm³/mol. The topological polar surface area (TPSA) is 49.4 Å². The molecule has 0 aliphatic carbocycles. The van der Waals surface area contributed by atoms with Gasteiger partial charge in [0.2, 0.25) is 10.0 Å². The minimum atomic E-state index is -3.54. The molecule has 4 nitrogen and oxygen atoms in total. The van der Waals surface area contributed by atoms with Gasteiger partial charge in [-0.1, -0.05) is 30.1 Å². The number of hydrogen-bond acceptors (Lipinski definition) is 3. The molecule has 0 radical (unpaired) electrons. The lowest BCUT2D eigenvalue weighted by atomic mass is 10.2. The number of nitrogens with zero attached hydrogens (tertiary/aromatic N) is 1. The second-order valence-corrected chi connectivity index (χ2v) is 7.43. The van der Waals surface area contributed by atoms with Gasteiger partial charge in [-0.3, -0.25) is 4.90 Å². The third-order valence-corrected chi connectivity index (χ3v) is 5.78. The molecule has 1 unspecified atom stereocenters. The summed E-state index contributed by atoms with van der Waals surface area (Å²) < 4.78 is 27.1. The van der Waals surface area contributed by atoms with E-state index >= 15 is 0 Å². The number of sulfonamides is 1. The lowest BCUT2D eigenvalue weighted by Gasteiger charge is -2.22. The normalized spacial score (nSPS) is 20.4. The number of benzene rings is 1. The van der Waals surface area contributed by atoms with Crippen LogP contribution in [0.3, 0.4) is 0 Å². The quantitative estimate of drug-likeness (QED) is 0.899. The van der Waals surface area contributed by atoms with Gasteiger partial charge in [-0.15, -0.1) is 0 Å². The number of rotatable bonds is 5. The van der Waals surface area contributed by atoms with Crippen molar-refractivity contribution in [2.45, 2.75) is 30.7 Å². The summed E-state index contributed by atoms with van der Waals surface area (Å²) in [6, 6.07) is 4.60. The van der Waals surface area contributed by atoms with Crippen LogP contribution in [0.4, 0.5) is 0 Å². The lowest BCUT2D eigenvalue weighted by Crippen LogP contribution is -2.39. The van der Waals surface area contributed by atoms with E-state index in [1.807, 2.05) is 0 Å². The van der Waals surface area contributed by atoms with Gasteiger partial charge in [0.05, 0.1) is 14.9 Å². The zero-order chi connectivity index (χ0) is 14.8. The smallest absolute Gasteiger partial charge is 0.240 e. The van der Waals surface area contributed by atoms with Crippen molar-refractivity contribution in [2.24, 2.45) is 0 Å². The van der Waals surface area contributed by atoms with Crippen LogP contribution in [0.15, 0.2) is 23.1 Å². The monoisotopic (exact) mass is 336 g/mol. The van der Waals surface area contributed by atoms with E-state index in [0.29, 0.717) is 11.6 Å². The Kier molecular flexibility index (Phi) is 5.31. The zero-order valence-corrected chi connectivity index (χ0v) is 13.6. The first-order valence-corrected chi connectivity index (χ1v) is 8.86. The molecule has 1 aliphatic heterocycles. The van der Waals surface area contributed by atoms with E-state index in [9.17, 15) is 8.42 Å². The largest absolute Gasteiger partial charge is 0.299 e. The minimum Gasteiger partial charge on any atom is -0.299 e. The highest BCUT2D eigenvalue weighted by atomic mass is 35.5. The van der Waals surface area contributed by atoms with Crippen LogP contribution in [0.25, 0.3) is 0 Å². The van der Waals surface area contributed by atoms with Crippen LogP contribution < -0.4 is 4.72 Å². The van der Waals surface area contributed by atoms with Crippen molar-refractivity contribution in [3.05, 3.63) is 28.2 Å². The SMILES string of the molecule is CCN1CCCC1CNS(=O)(=O)c1ccc(Cl)c(Cl)c1. The van der Waals surface area contributed by atoms with E-state index < -0.39 is 10.0 Å². The summed E-state index contributed by atoms with van der Waals surface area (Å²) in [7, 11) is -3.54. The fourth-order valence-electron chi connectivity index (χ4n) is 2.48. The van der Waals surface area contributed by atoms with E-state index in [4.69, 9.17) is 23.2 Å². The first kappa shape index (κ1) is 16.0. The summed E-state index contributed by atoms with van der Waals surface area (Å²) in [6.45, 7) is 4.50. The molecule has 1 atom stereocenters. The number of likely N-dealkylation sites (N-methyl/N-ethyl adjacent to an activating group) is 1. The average Bonchev–Trinajstić information content (AvgIpc) is 2.87. The second-order valence-electron chi connectivity index (χ2n) is 4.85. The Hall–Kier alpha value is -0.330. The highest BCUT2D eigenvalue weighted by molar-refractivity contribution is 7.89. The summed E-state index contributed by atoms with van der Waals surface area (Å²) in [4.78, 5) is 2.44. The van der Waals surface area contributed by atoms with Gasteiger partial charge in [0.25, 0.3) is 0 Å². The molecule has 0 bridgehead atoms. The number of likely N-dealkylation sites (tertiary alicyclic amines) is 1. The Labute approximate surface area is 130 Å². The Morgan fingerprint density at radius 2 is 2.10 bits per heavy atom. The Morgan fingerprint density at radius 3 is 2.75 bits per heavy atom. The van der Waals surface area contributed by atoms with E-state index in [2.05, 4.69) is 16.5 Å². The number of nitrogens with one attached hydrogen (secondary N) is 1. The van der Waals surface area contributed by atoms with Crippen molar-refractivity contribution < 1.29 is 8.42 Å². The van der Waals surface area contributed by atoms with Gasteiger partial charge >= 0.3 is 0 Å². The summed E-state index contributed by atoms with van der Waals surface area (Å²) in [5, 5.41) is 0.587. The molecule has 1 saturated heterocycles. The molecule has 7 heteroatoms. The van der Waals surface area contributed by atoms with Crippen molar-refractivity contribution in [1.29, 1.82) is 0 Å². The predicted octanol–water partition coefficient (Wildman–Crippen LogP) is 2.76. The molecule has 20 heavy (non-hydrogen) atoms. The molecule has 1 aromatic carbocycles. The summed E-state index contributed by atoms with van der Waals surface area (Å²) in [6.07, 6.45) is 2.14. The Morgan fingerprint density at radius 1 is 1.35 bits per heavy atom. The molecule has 0 spiro atoms. The maximum atomic E-state index is 12.2. The second kappa shape index (κ2) is 6.62. The molecular weight excluding hydrogens is 319 g/mol. The third kappa shape index (κ3) is 3.65. The van der Waals surface area contributed by atoms with Crippen molar-refractivity contribution >= 4 is 33.2 Å². The standard InChI is InChI=1S/C13H18Cl2N2O2S/c1-2-17-7-3-4-10(17)9-16-20(18,19)11-5-6-12(14)13(15)8-11/h5-6,8,10,16H,2-4,7,9H2,1H3. The molecule has 2 rings (SSSR count). The van der Waals surface area contributed by atoms with Crippen molar-refractivity contribution in [1.82, 2.24) is 9.62 Å². The van der Waals surface area contributed by atoms with Crippen molar-refractivity contribution in [3.8, 4) is 0 Å². The molecule has 1 aliphatic rings. The molecule has 0 aromatic heterocycles. The molecular formula is C13H18Cl2N2O2S. The van der Waals surface area contributed by atoms with Crippen LogP contribution in [0.2, 0.25) is 10.0 Å². The van der Waals surface area contributed by atoms with Crippen LogP contribution in [0.1, 0.15) is 19.8 Å². The molecule has 0 saturated carbocycles. The minimum absolute atomic E-state index is 0.146. The van der Waals surface area contributed by atoms with Crippen molar-refractivity contribution in [3.63, 3.8) is 0 Å². The average molecular weight is 337 g/mol. The van der Waals surface area contributed by atoms with E-state index in [-0.39, 0.29) is 16.0 Å². The molecule has 1 heterocycles. The first-order chi connectivity index (χ1) is 9.44. The van der Waals surface area contributed by atoms with Gasteiger partial charge in [-0.25, -0.2) is 13.1 Å². The van der Waals surface area contributed by atoms with Crippen molar-refractivity contribution in [2.75, 3.05) is 19.6 Å². The van der Waals surface area contributed by atoms with Gasteiger partial charge < -0.3 is 0 Å². The van der Waals surface area contributed by atoms with Crippen LogP contribution >= 0.6 is 23.2 Å². The van der Waals surface area contributed by atoms with Gasteiger partial charge in [0, 0.05) is 12.6 Å². The maximum absolute atomic E-state index is 12.2. The highest BCUT2D eigenvalue weighted by Crippen LogP contribution is 2.25. The highest BCUT2D eigenvalue weighted by Gasteiger charge is 2.25.